The van der Waals surface area contributed by atoms with Gasteiger partial charge >= 0.3 is 0 Å². The SMILES string of the molecule is CN1CCCC1CCN1CCN(c2ccc(Cl)c(Cl)c2)CC1. The van der Waals surface area contributed by atoms with Crippen LogP contribution in [0.5, 0.6) is 0 Å². The highest BCUT2D eigenvalue weighted by atomic mass is 35.5. The van der Waals surface area contributed by atoms with E-state index in [0.29, 0.717) is 10.0 Å². The molecule has 2 fully saturated rings. The first-order chi connectivity index (χ1) is 10.6. The van der Waals surface area contributed by atoms with Crippen molar-refractivity contribution < 1.29 is 0 Å². The van der Waals surface area contributed by atoms with Gasteiger partial charge in [0.1, 0.15) is 0 Å². The quantitative estimate of drug-likeness (QED) is 0.828. The minimum Gasteiger partial charge on any atom is -0.369 e. The lowest BCUT2D eigenvalue weighted by molar-refractivity contribution is 0.215. The molecule has 0 N–H and O–H groups in total. The first-order valence-electron chi connectivity index (χ1n) is 8.26. The Labute approximate surface area is 143 Å². The molecule has 2 saturated heterocycles. The van der Waals surface area contributed by atoms with Crippen LogP contribution in [0.3, 0.4) is 0 Å². The van der Waals surface area contributed by atoms with Gasteiger partial charge in [-0.2, -0.15) is 0 Å². The van der Waals surface area contributed by atoms with Crippen LogP contribution in [0.2, 0.25) is 10.0 Å². The van der Waals surface area contributed by atoms with E-state index >= 15 is 0 Å². The van der Waals surface area contributed by atoms with Crippen molar-refractivity contribution in [3.8, 4) is 0 Å². The lowest BCUT2D eigenvalue weighted by Gasteiger charge is -2.37. The van der Waals surface area contributed by atoms with Crippen LogP contribution in [0.15, 0.2) is 18.2 Å². The highest BCUT2D eigenvalue weighted by Gasteiger charge is 2.23. The molecule has 0 radical (unpaired) electrons. The van der Waals surface area contributed by atoms with E-state index in [1.807, 2.05) is 12.1 Å². The monoisotopic (exact) mass is 341 g/mol. The maximum Gasteiger partial charge on any atom is 0.0612 e. The van der Waals surface area contributed by atoms with E-state index in [1.165, 1.54) is 38.0 Å². The molecule has 1 atom stereocenters. The first-order valence-corrected chi connectivity index (χ1v) is 9.01. The van der Waals surface area contributed by atoms with Gasteiger partial charge in [-0.1, -0.05) is 23.2 Å². The Hall–Kier alpha value is -0.480. The lowest BCUT2D eigenvalue weighted by Crippen LogP contribution is -2.47. The molecule has 3 rings (SSSR count). The third-order valence-corrected chi connectivity index (χ3v) is 5.83. The van der Waals surface area contributed by atoms with Crippen LogP contribution in [-0.4, -0.2) is 62.2 Å². The van der Waals surface area contributed by atoms with Crippen LogP contribution in [0.1, 0.15) is 19.3 Å². The second-order valence-corrected chi connectivity index (χ2v) is 7.31. The van der Waals surface area contributed by atoms with Crippen molar-refractivity contribution in [2.45, 2.75) is 25.3 Å². The molecule has 0 bridgehead atoms. The fourth-order valence-electron chi connectivity index (χ4n) is 3.59. The molecule has 2 aliphatic heterocycles. The van der Waals surface area contributed by atoms with Crippen LogP contribution >= 0.6 is 23.2 Å². The summed E-state index contributed by atoms with van der Waals surface area (Å²) in [6.07, 6.45) is 4.05. The molecule has 0 aromatic heterocycles. The second-order valence-electron chi connectivity index (χ2n) is 6.49. The maximum atomic E-state index is 6.12. The summed E-state index contributed by atoms with van der Waals surface area (Å²) < 4.78 is 0. The van der Waals surface area contributed by atoms with E-state index in [4.69, 9.17) is 23.2 Å². The van der Waals surface area contributed by atoms with E-state index in [9.17, 15) is 0 Å². The van der Waals surface area contributed by atoms with Gasteiger partial charge in [0, 0.05) is 37.9 Å². The molecular weight excluding hydrogens is 317 g/mol. The number of halogens is 2. The highest BCUT2D eigenvalue weighted by molar-refractivity contribution is 6.42. The zero-order chi connectivity index (χ0) is 15.5. The number of benzene rings is 1. The summed E-state index contributed by atoms with van der Waals surface area (Å²) in [4.78, 5) is 7.52. The summed E-state index contributed by atoms with van der Waals surface area (Å²) in [5, 5.41) is 1.27. The number of hydrogen-bond acceptors (Lipinski definition) is 3. The standard InChI is InChI=1S/C17H25Cl2N3/c1-20-7-2-3-14(20)6-8-21-9-11-22(12-10-21)15-4-5-16(18)17(19)13-15/h4-5,13-14H,2-3,6-12H2,1H3. The van der Waals surface area contributed by atoms with Crippen molar-refractivity contribution in [2.24, 2.45) is 0 Å². The smallest absolute Gasteiger partial charge is 0.0612 e. The van der Waals surface area contributed by atoms with Crippen molar-refractivity contribution in [2.75, 3.05) is 51.2 Å². The Morgan fingerprint density at radius 2 is 1.82 bits per heavy atom. The van der Waals surface area contributed by atoms with E-state index in [2.05, 4.69) is 27.8 Å². The number of nitrogens with zero attached hydrogens (tertiary/aromatic N) is 3. The zero-order valence-corrected chi connectivity index (χ0v) is 14.8. The molecule has 1 aromatic carbocycles. The van der Waals surface area contributed by atoms with Crippen molar-refractivity contribution in [1.82, 2.24) is 9.80 Å². The average Bonchev–Trinajstić information content (AvgIpc) is 2.94. The van der Waals surface area contributed by atoms with Crippen molar-refractivity contribution in [3.63, 3.8) is 0 Å². The van der Waals surface area contributed by atoms with Gasteiger partial charge in [-0.3, -0.25) is 4.90 Å². The Morgan fingerprint density at radius 1 is 1.05 bits per heavy atom. The molecule has 1 unspecified atom stereocenters. The van der Waals surface area contributed by atoms with Gasteiger partial charge in [-0.25, -0.2) is 0 Å². The first kappa shape index (κ1) is 16.4. The molecular formula is C17H25Cl2N3. The molecule has 0 spiro atoms. The van der Waals surface area contributed by atoms with E-state index in [0.717, 1.165) is 32.2 Å². The van der Waals surface area contributed by atoms with Crippen molar-refractivity contribution in [3.05, 3.63) is 28.2 Å². The van der Waals surface area contributed by atoms with Crippen LogP contribution < -0.4 is 4.90 Å². The summed E-state index contributed by atoms with van der Waals surface area (Å²) in [5.74, 6) is 0. The molecule has 2 heterocycles. The summed E-state index contributed by atoms with van der Waals surface area (Å²) in [6, 6.07) is 6.74. The molecule has 2 aliphatic rings. The van der Waals surface area contributed by atoms with Crippen LogP contribution in [0.4, 0.5) is 5.69 Å². The molecule has 5 heteroatoms. The predicted octanol–water partition coefficient (Wildman–Crippen LogP) is 3.60. The Morgan fingerprint density at radius 3 is 2.45 bits per heavy atom. The summed E-state index contributed by atoms with van der Waals surface area (Å²) in [5.41, 5.74) is 1.18. The second kappa shape index (κ2) is 7.39. The van der Waals surface area contributed by atoms with Crippen LogP contribution in [-0.2, 0) is 0 Å². The lowest BCUT2D eigenvalue weighted by atomic mass is 10.1. The van der Waals surface area contributed by atoms with Gasteiger partial charge in [0.15, 0.2) is 0 Å². The van der Waals surface area contributed by atoms with Crippen molar-refractivity contribution >= 4 is 28.9 Å². The molecule has 0 amide bonds. The molecule has 22 heavy (non-hydrogen) atoms. The fraction of sp³-hybridized carbons (Fsp3) is 0.647. The average molecular weight is 342 g/mol. The van der Waals surface area contributed by atoms with Gasteiger partial charge in [-0.15, -0.1) is 0 Å². The van der Waals surface area contributed by atoms with E-state index in [1.54, 1.807) is 0 Å². The topological polar surface area (TPSA) is 9.72 Å². The molecule has 0 saturated carbocycles. The van der Waals surface area contributed by atoms with Gasteiger partial charge in [-0.05, 0) is 57.6 Å². The summed E-state index contributed by atoms with van der Waals surface area (Å²) >= 11 is 12.1. The molecule has 3 nitrogen and oxygen atoms in total. The summed E-state index contributed by atoms with van der Waals surface area (Å²) in [7, 11) is 2.26. The van der Waals surface area contributed by atoms with Gasteiger partial charge in [0.25, 0.3) is 0 Å². The highest BCUT2D eigenvalue weighted by Crippen LogP contribution is 2.28. The third kappa shape index (κ3) is 3.88. The van der Waals surface area contributed by atoms with Gasteiger partial charge in [0.05, 0.1) is 10.0 Å². The van der Waals surface area contributed by atoms with Crippen molar-refractivity contribution in [1.29, 1.82) is 0 Å². The summed E-state index contributed by atoms with van der Waals surface area (Å²) in [6.45, 7) is 6.91. The predicted molar refractivity (Wildman–Crippen MR) is 95.4 cm³/mol. The Kier molecular flexibility index (Phi) is 5.50. The zero-order valence-electron chi connectivity index (χ0n) is 13.3. The number of piperazine rings is 1. The molecule has 122 valence electrons. The minimum absolute atomic E-state index is 0.629. The van der Waals surface area contributed by atoms with Gasteiger partial charge < -0.3 is 9.80 Å². The normalized spacial score (nSPS) is 24.1. The molecule has 0 aliphatic carbocycles. The fourth-order valence-corrected chi connectivity index (χ4v) is 3.88. The minimum atomic E-state index is 0.629. The number of anilines is 1. The number of rotatable bonds is 4. The largest absolute Gasteiger partial charge is 0.369 e. The number of likely N-dealkylation sites (tertiary alicyclic amines) is 1. The van der Waals surface area contributed by atoms with Crippen LogP contribution in [0, 0.1) is 0 Å². The maximum absolute atomic E-state index is 6.12. The van der Waals surface area contributed by atoms with E-state index < -0.39 is 0 Å². The van der Waals surface area contributed by atoms with Gasteiger partial charge in [0.2, 0.25) is 0 Å². The van der Waals surface area contributed by atoms with Crippen LogP contribution in [0.25, 0.3) is 0 Å². The molecule has 1 aromatic rings. The Balaban J connectivity index is 1.46. The third-order valence-electron chi connectivity index (χ3n) is 5.09. The van der Waals surface area contributed by atoms with E-state index in [-0.39, 0.29) is 0 Å². The Bertz CT molecular complexity index is 501. The number of hydrogen-bond donors (Lipinski definition) is 0.